The molecule has 0 amide bonds. The van der Waals surface area contributed by atoms with Gasteiger partial charge in [0.1, 0.15) is 0 Å². The topological polar surface area (TPSA) is 12.0 Å². The number of hydrogen-bond acceptors (Lipinski definition) is 1. The molecule has 0 saturated carbocycles. The minimum absolute atomic E-state index is 1.25. The van der Waals surface area contributed by atoms with Crippen LogP contribution in [0.2, 0.25) is 0 Å². The van der Waals surface area contributed by atoms with Crippen LogP contribution in [0.25, 0.3) is 0 Å². The first kappa shape index (κ1) is 7.66. The van der Waals surface area contributed by atoms with E-state index in [2.05, 4.69) is 23.5 Å². The van der Waals surface area contributed by atoms with E-state index in [0.717, 1.165) is 0 Å². The van der Waals surface area contributed by atoms with E-state index in [-0.39, 0.29) is 0 Å². The summed E-state index contributed by atoms with van der Waals surface area (Å²) in [5.74, 6) is 0. The Morgan fingerprint density at radius 2 is 1.83 bits per heavy atom. The highest BCUT2D eigenvalue weighted by molar-refractivity contribution is 5.48. The van der Waals surface area contributed by atoms with E-state index < -0.39 is 0 Å². The van der Waals surface area contributed by atoms with Crippen LogP contribution in [-0.2, 0) is 12.8 Å². The van der Waals surface area contributed by atoms with E-state index in [4.69, 9.17) is 0 Å². The Balaban J connectivity index is 2.36. The molecule has 0 bridgehead atoms. The molecule has 1 aromatic carbocycles. The second kappa shape index (κ2) is 3.18. The lowest BCUT2D eigenvalue weighted by Crippen LogP contribution is -2.02. The van der Waals surface area contributed by atoms with Crippen molar-refractivity contribution in [3.8, 4) is 0 Å². The van der Waals surface area contributed by atoms with Gasteiger partial charge in [0.2, 0.25) is 0 Å². The maximum atomic E-state index is 3.18. The highest BCUT2D eigenvalue weighted by Crippen LogP contribution is 2.23. The van der Waals surface area contributed by atoms with Crippen LogP contribution in [0.3, 0.4) is 0 Å². The lowest BCUT2D eigenvalue weighted by atomic mass is 9.91. The maximum Gasteiger partial charge on any atom is 0.0340 e. The molecule has 0 unspecified atom stereocenters. The molecule has 64 valence electrons. The second-order valence-corrected chi connectivity index (χ2v) is 3.44. The SMILES string of the molecule is CNc1ccc2c(c1)CCCC2. The molecule has 0 spiro atoms. The lowest BCUT2D eigenvalue weighted by molar-refractivity contribution is 0.686. The van der Waals surface area contributed by atoms with E-state index >= 15 is 0 Å². The highest BCUT2D eigenvalue weighted by atomic mass is 14.8. The molecule has 1 heteroatoms. The van der Waals surface area contributed by atoms with Crippen LogP contribution in [0.5, 0.6) is 0 Å². The van der Waals surface area contributed by atoms with Crippen LogP contribution in [-0.4, -0.2) is 7.05 Å². The number of rotatable bonds is 1. The molecule has 1 aliphatic rings. The quantitative estimate of drug-likeness (QED) is 0.667. The standard InChI is InChI=1S/C11H15N/c1-12-11-7-6-9-4-2-3-5-10(9)8-11/h6-8,12H,2-5H2,1H3. The molecule has 1 N–H and O–H groups in total. The van der Waals surface area contributed by atoms with Crippen LogP contribution in [0.15, 0.2) is 18.2 Å². The number of anilines is 1. The van der Waals surface area contributed by atoms with Gasteiger partial charge in [-0.15, -0.1) is 0 Å². The maximum absolute atomic E-state index is 3.18. The Morgan fingerprint density at radius 1 is 1.08 bits per heavy atom. The lowest BCUT2D eigenvalue weighted by Gasteiger charge is -2.16. The van der Waals surface area contributed by atoms with Gasteiger partial charge in [-0.25, -0.2) is 0 Å². The molecule has 0 radical (unpaired) electrons. The van der Waals surface area contributed by atoms with Gasteiger partial charge >= 0.3 is 0 Å². The number of aryl methyl sites for hydroxylation is 2. The fourth-order valence-electron chi connectivity index (χ4n) is 1.89. The van der Waals surface area contributed by atoms with E-state index in [1.807, 2.05) is 7.05 Å². The summed E-state index contributed by atoms with van der Waals surface area (Å²) in [4.78, 5) is 0. The third-order valence-electron chi connectivity index (χ3n) is 2.64. The molecule has 0 saturated heterocycles. The van der Waals surface area contributed by atoms with Gasteiger partial charge in [-0.2, -0.15) is 0 Å². The van der Waals surface area contributed by atoms with Gasteiger partial charge in [0.05, 0.1) is 0 Å². The largest absolute Gasteiger partial charge is 0.388 e. The summed E-state index contributed by atoms with van der Waals surface area (Å²) in [6, 6.07) is 6.72. The summed E-state index contributed by atoms with van der Waals surface area (Å²) in [5, 5.41) is 3.18. The van der Waals surface area contributed by atoms with Gasteiger partial charge in [-0.05, 0) is 48.9 Å². The molecule has 1 nitrogen and oxygen atoms in total. The molecule has 0 atom stereocenters. The molecule has 2 rings (SSSR count). The number of nitrogens with one attached hydrogen (secondary N) is 1. The third-order valence-corrected chi connectivity index (χ3v) is 2.64. The Labute approximate surface area is 73.8 Å². The monoisotopic (exact) mass is 161 g/mol. The smallest absolute Gasteiger partial charge is 0.0340 e. The average Bonchev–Trinajstić information content (AvgIpc) is 2.17. The first-order valence-corrected chi connectivity index (χ1v) is 4.70. The van der Waals surface area contributed by atoms with Crippen LogP contribution < -0.4 is 5.32 Å². The van der Waals surface area contributed by atoms with Crippen LogP contribution >= 0.6 is 0 Å². The summed E-state index contributed by atoms with van der Waals surface area (Å²) in [7, 11) is 1.98. The van der Waals surface area contributed by atoms with Gasteiger partial charge in [-0.1, -0.05) is 6.07 Å². The van der Waals surface area contributed by atoms with Gasteiger partial charge in [0, 0.05) is 12.7 Å². The molecular formula is C11H15N. The molecular weight excluding hydrogens is 146 g/mol. The average molecular weight is 161 g/mol. The van der Waals surface area contributed by atoms with E-state index in [1.165, 1.54) is 31.4 Å². The first-order chi connectivity index (χ1) is 5.90. The van der Waals surface area contributed by atoms with Crippen molar-refractivity contribution >= 4 is 5.69 Å². The van der Waals surface area contributed by atoms with Crippen LogP contribution in [0.1, 0.15) is 24.0 Å². The van der Waals surface area contributed by atoms with Crippen molar-refractivity contribution < 1.29 is 0 Å². The zero-order chi connectivity index (χ0) is 8.39. The van der Waals surface area contributed by atoms with E-state index in [9.17, 15) is 0 Å². The van der Waals surface area contributed by atoms with Crippen molar-refractivity contribution in [1.29, 1.82) is 0 Å². The van der Waals surface area contributed by atoms with Gasteiger partial charge in [0.15, 0.2) is 0 Å². The molecule has 0 aliphatic heterocycles. The zero-order valence-electron chi connectivity index (χ0n) is 7.56. The fraction of sp³-hybridized carbons (Fsp3) is 0.455. The van der Waals surface area contributed by atoms with Crippen molar-refractivity contribution in [3.63, 3.8) is 0 Å². The summed E-state index contributed by atoms with van der Waals surface area (Å²) < 4.78 is 0. The van der Waals surface area contributed by atoms with Crippen molar-refractivity contribution in [3.05, 3.63) is 29.3 Å². The van der Waals surface area contributed by atoms with Gasteiger partial charge in [0.25, 0.3) is 0 Å². The predicted molar refractivity (Wildman–Crippen MR) is 52.6 cm³/mol. The molecule has 12 heavy (non-hydrogen) atoms. The second-order valence-electron chi connectivity index (χ2n) is 3.44. The van der Waals surface area contributed by atoms with Gasteiger partial charge in [-0.3, -0.25) is 0 Å². The van der Waals surface area contributed by atoms with Crippen molar-refractivity contribution in [2.75, 3.05) is 12.4 Å². The zero-order valence-corrected chi connectivity index (χ0v) is 7.56. The van der Waals surface area contributed by atoms with E-state index in [0.29, 0.717) is 0 Å². The normalized spacial score (nSPS) is 15.4. The Hall–Kier alpha value is -0.980. The van der Waals surface area contributed by atoms with Crippen molar-refractivity contribution in [1.82, 2.24) is 0 Å². The molecule has 1 aliphatic carbocycles. The first-order valence-electron chi connectivity index (χ1n) is 4.70. The Morgan fingerprint density at radius 3 is 2.58 bits per heavy atom. The number of fused-ring (bicyclic) bond motifs is 1. The van der Waals surface area contributed by atoms with Crippen LogP contribution in [0, 0.1) is 0 Å². The molecule has 0 heterocycles. The molecule has 1 aromatic rings. The number of hydrogen-bond donors (Lipinski definition) is 1. The van der Waals surface area contributed by atoms with Crippen LogP contribution in [0.4, 0.5) is 5.69 Å². The summed E-state index contributed by atoms with van der Waals surface area (Å²) in [5.41, 5.74) is 4.35. The summed E-state index contributed by atoms with van der Waals surface area (Å²) in [6.45, 7) is 0. The summed E-state index contributed by atoms with van der Waals surface area (Å²) in [6.07, 6.45) is 5.27. The highest BCUT2D eigenvalue weighted by Gasteiger charge is 2.08. The predicted octanol–water partition coefficient (Wildman–Crippen LogP) is 2.61. The molecule has 0 fully saturated rings. The van der Waals surface area contributed by atoms with Crippen molar-refractivity contribution in [2.45, 2.75) is 25.7 Å². The Kier molecular flexibility index (Phi) is 2.03. The minimum atomic E-state index is 1.25. The molecule has 0 aromatic heterocycles. The third kappa shape index (κ3) is 1.31. The fourth-order valence-corrected chi connectivity index (χ4v) is 1.89. The van der Waals surface area contributed by atoms with Crippen molar-refractivity contribution in [2.24, 2.45) is 0 Å². The number of benzene rings is 1. The summed E-state index contributed by atoms with van der Waals surface area (Å²) >= 11 is 0. The Bertz CT molecular complexity index is 278. The van der Waals surface area contributed by atoms with Gasteiger partial charge < -0.3 is 5.32 Å². The minimum Gasteiger partial charge on any atom is -0.388 e. The van der Waals surface area contributed by atoms with E-state index in [1.54, 1.807) is 11.1 Å².